The molecule has 33 heavy (non-hydrogen) atoms. The molecule has 1 amide bonds. The lowest BCUT2D eigenvalue weighted by Gasteiger charge is -2.09. The predicted octanol–water partition coefficient (Wildman–Crippen LogP) is 4.53. The summed E-state index contributed by atoms with van der Waals surface area (Å²) in [5.41, 5.74) is 3.69. The van der Waals surface area contributed by atoms with E-state index in [0.29, 0.717) is 29.4 Å². The first-order valence-corrected chi connectivity index (χ1v) is 11.1. The Hall–Kier alpha value is -4.07. The fourth-order valence-electron chi connectivity index (χ4n) is 3.71. The minimum absolute atomic E-state index is 0.278. The summed E-state index contributed by atoms with van der Waals surface area (Å²) in [6, 6.07) is 15.5. The third kappa shape index (κ3) is 4.32. The average Bonchev–Trinajstić information content (AvgIpc) is 3.79. The normalized spacial score (nSPS) is 15.3. The standard InChI is InChI=1S/C25H22N6O2/c32-25(29-19-3-1-2-17(12-19)24-30-28-15-31(24)20-5-6-20)22-13-16(10-11-26-22)18-4-9-23(27-14-18)33-21-7-8-21/h1-4,9-15,20-21H,5-8H2,(H,29,32). The van der Waals surface area contributed by atoms with Crippen molar-refractivity contribution in [1.29, 1.82) is 0 Å². The molecule has 0 radical (unpaired) electrons. The summed E-state index contributed by atoms with van der Waals surface area (Å²) in [4.78, 5) is 21.6. The van der Waals surface area contributed by atoms with Gasteiger partial charge < -0.3 is 14.6 Å². The third-order valence-corrected chi connectivity index (χ3v) is 5.77. The zero-order valence-corrected chi connectivity index (χ0v) is 17.9. The number of hydrogen-bond acceptors (Lipinski definition) is 6. The molecule has 8 heteroatoms. The van der Waals surface area contributed by atoms with Gasteiger partial charge in [0.25, 0.3) is 5.91 Å². The van der Waals surface area contributed by atoms with Crippen molar-refractivity contribution in [3.63, 3.8) is 0 Å². The number of rotatable bonds is 7. The van der Waals surface area contributed by atoms with Crippen LogP contribution in [0, 0.1) is 0 Å². The average molecular weight is 438 g/mol. The molecule has 4 aromatic rings. The van der Waals surface area contributed by atoms with Crippen LogP contribution < -0.4 is 10.1 Å². The summed E-state index contributed by atoms with van der Waals surface area (Å²) in [5.74, 6) is 1.17. The van der Waals surface area contributed by atoms with Gasteiger partial charge in [0.1, 0.15) is 18.1 Å². The molecule has 3 aromatic heterocycles. The van der Waals surface area contributed by atoms with E-state index in [1.54, 1.807) is 24.8 Å². The largest absolute Gasteiger partial charge is 0.474 e. The smallest absolute Gasteiger partial charge is 0.274 e. The number of benzene rings is 1. The number of hydrogen-bond donors (Lipinski definition) is 1. The molecule has 2 saturated carbocycles. The molecule has 2 fully saturated rings. The lowest BCUT2D eigenvalue weighted by Crippen LogP contribution is -2.13. The molecule has 0 saturated heterocycles. The van der Waals surface area contributed by atoms with Crippen molar-refractivity contribution >= 4 is 11.6 Å². The van der Waals surface area contributed by atoms with Crippen LogP contribution in [0.4, 0.5) is 5.69 Å². The van der Waals surface area contributed by atoms with Crippen molar-refractivity contribution in [1.82, 2.24) is 24.7 Å². The molecular formula is C25H22N6O2. The Morgan fingerprint density at radius 3 is 2.67 bits per heavy atom. The van der Waals surface area contributed by atoms with Gasteiger partial charge in [0.2, 0.25) is 5.88 Å². The molecule has 0 atom stereocenters. The molecule has 2 aliphatic carbocycles. The number of nitrogens with one attached hydrogen (secondary N) is 1. The van der Waals surface area contributed by atoms with E-state index in [9.17, 15) is 4.79 Å². The summed E-state index contributed by atoms with van der Waals surface area (Å²) in [6.07, 6.45) is 9.95. The first-order valence-electron chi connectivity index (χ1n) is 11.1. The maximum Gasteiger partial charge on any atom is 0.274 e. The Bertz CT molecular complexity index is 1310. The molecule has 3 heterocycles. The van der Waals surface area contributed by atoms with Gasteiger partial charge in [-0.05, 0) is 61.6 Å². The summed E-state index contributed by atoms with van der Waals surface area (Å²) >= 11 is 0. The Morgan fingerprint density at radius 1 is 0.970 bits per heavy atom. The zero-order chi connectivity index (χ0) is 22.2. The van der Waals surface area contributed by atoms with Crippen molar-refractivity contribution in [2.45, 2.75) is 37.8 Å². The van der Waals surface area contributed by atoms with Crippen LogP contribution in [0.3, 0.4) is 0 Å². The van der Waals surface area contributed by atoms with E-state index in [2.05, 4.69) is 30.0 Å². The van der Waals surface area contributed by atoms with E-state index in [0.717, 1.165) is 48.2 Å². The predicted molar refractivity (Wildman–Crippen MR) is 123 cm³/mol. The molecule has 8 nitrogen and oxygen atoms in total. The third-order valence-electron chi connectivity index (χ3n) is 5.77. The Balaban J connectivity index is 1.19. The fourth-order valence-corrected chi connectivity index (χ4v) is 3.71. The van der Waals surface area contributed by atoms with Crippen LogP contribution in [0.15, 0.2) is 67.3 Å². The molecule has 0 aliphatic heterocycles. The topological polar surface area (TPSA) is 94.8 Å². The molecule has 0 spiro atoms. The van der Waals surface area contributed by atoms with E-state index in [1.807, 2.05) is 42.5 Å². The summed E-state index contributed by atoms with van der Waals surface area (Å²) in [5, 5.41) is 11.3. The summed E-state index contributed by atoms with van der Waals surface area (Å²) < 4.78 is 7.81. The van der Waals surface area contributed by atoms with Crippen molar-refractivity contribution in [3.8, 4) is 28.4 Å². The second kappa shape index (κ2) is 8.12. The SMILES string of the molecule is O=C(Nc1cccc(-c2nncn2C2CC2)c1)c1cc(-c2ccc(OC3CC3)nc2)ccn1. The number of nitrogens with zero attached hydrogens (tertiary/aromatic N) is 5. The van der Waals surface area contributed by atoms with Crippen molar-refractivity contribution in [3.05, 3.63) is 72.9 Å². The van der Waals surface area contributed by atoms with Gasteiger partial charge in [-0.15, -0.1) is 10.2 Å². The molecule has 1 N–H and O–H groups in total. The van der Waals surface area contributed by atoms with Gasteiger partial charge in [-0.2, -0.15) is 0 Å². The van der Waals surface area contributed by atoms with Crippen LogP contribution in [0.1, 0.15) is 42.2 Å². The first-order chi connectivity index (χ1) is 16.2. The van der Waals surface area contributed by atoms with Crippen molar-refractivity contribution < 1.29 is 9.53 Å². The van der Waals surface area contributed by atoms with Crippen LogP contribution in [-0.2, 0) is 0 Å². The molecule has 164 valence electrons. The summed E-state index contributed by atoms with van der Waals surface area (Å²) in [6.45, 7) is 0. The number of anilines is 1. The van der Waals surface area contributed by atoms with Crippen LogP contribution in [0.25, 0.3) is 22.5 Å². The number of ether oxygens (including phenoxy) is 1. The van der Waals surface area contributed by atoms with Crippen LogP contribution in [0.2, 0.25) is 0 Å². The quantitative estimate of drug-likeness (QED) is 0.456. The van der Waals surface area contributed by atoms with E-state index < -0.39 is 0 Å². The first kappa shape index (κ1) is 19.6. The minimum Gasteiger partial charge on any atom is -0.474 e. The zero-order valence-electron chi connectivity index (χ0n) is 17.9. The monoisotopic (exact) mass is 438 g/mol. The Kier molecular flexibility index (Phi) is 4.83. The van der Waals surface area contributed by atoms with Crippen LogP contribution in [0.5, 0.6) is 5.88 Å². The number of amides is 1. The highest BCUT2D eigenvalue weighted by atomic mass is 16.5. The highest BCUT2D eigenvalue weighted by Crippen LogP contribution is 2.37. The van der Waals surface area contributed by atoms with Crippen molar-refractivity contribution in [2.24, 2.45) is 0 Å². The van der Waals surface area contributed by atoms with Gasteiger partial charge in [-0.1, -0.05) is 12.1 Å². The number of carbonyl (C=O) groups excluding carboxylic acids is 1. The molecule has 6 rings (SSSR count). The molecule has 0 bridgehead atoms. The highest BCUT2D eigenvalue weighted by molar-refractivity contribution is 6.03. The maximum absolute atomic E-state index is 12.9. The van der Waals surface area contributed by atoms with E-state index >= 15 is 0 Å². The van der Waals surface area contributed by atoms with E-state index in [4.69, 9.17) is 4.74 Å². The van der Waals surface area contributed by atoms with Gasteiger partial charge >= 0.3 is 0 Å². The number of pyridine rings is 2. The van der Waals surface area contributed by atoms with Gasteiger partial charge in [-0.25, -0.2) is 4.98 Å². The van der Waals surface area contributed by atoms with Gasteiger partial charge in [0.15, 0.2) is 5.82 Å². The lowest BCUT2D eigenvalue weighted by atomic mass is 10.1. The van der Waals surface area contributed by atoms with Crippen LogP contribution >= 0.6 is 0 Å². The minimum atomic E-state index is -0.278. The van der Waals surface area contributed by atoms with E-state index in [1.165, 1.54) is 0 Å². The second-order valence-corrected chi connectivity index (χ2v) is 8.46. The van der Waals surface area contributed by atoms with E-state index in [-0.39, 0.29) is 5.91 Å². The van der Waals surface area contributed by atoms with Gasteiger partial charge in [-0.3, -0.25) is 9.78 Å². The molecular weight excluding hydrogens is 416 g/mol. The molecule has 2 aliphatic rings. The lowest BCUT2D eigenvalue weighted by molar-refractivity contribution is 0.102. The maximum atomic E-state index is 12.9. The Labute approximate surface area is 190 Å². The molecule has 0 unspecified atom stereocenters. The van der Waals surface area contributed by atoms with Gasteiger partial charge in [0, 0.05) is 41.3 Å². The Morgan fingerprint density at radius 2 is 1.88 bits per heavy atom. The molecule has 1 aromatic carbocycles. The van der Waals surface area contributed by atoms with Crippen LogP contribution in [-0.4, -0.2) is 36.7 Å². The second-order valence-electron chi connectivity index (χ2n) is 8.46. The number of aromatic nitrogens is 5. The number of carbonyl (C=O) groups is 1. The highest BCUT2D eigenvalue weighted by Gasteiger charge is 2.26. The van der Waals surface area contributed by atoms with Gasteiger partial charge in [0.05, 0.1) is 0 Å². The fraction of sp³-hybridized carbons (Fsp3) is 0.240. The summed E-state index contributed by atoms with van der Waals surface area (Å²) in [7, 11) is 0. The van der Waals surface area contributed by atoms with Crippen molar-refractivity contribution in [2.75, 3.05) is 5.32 Å².